The zero-order valence-electron chi connectivity index (χ0n) is 12.6. The minimum absolute atomic E-state index is 0.0255. The molecule has 2 atom stereocenters. The van der Waals surface area contributed by atoms with Crippen LogP contribution in [0.15, 0.2) is 12.1 Å². The zero-order chi connectivity index (χ0) is 14.3. The Morgan fingerprint density at radius 1 is 1.40 bits per heavy atom. The van der Waals surface area contributed by atoms with E-state index in [1.165, 1.54) is 29.0 Å². The Balaban J connectivity index is 1.82. The van der Waals surface area contributed by atoms with E-state index in [-0.39, 0.29) is 12.2 Å². The van der Waals surface area contributed by atoms with Crippen LogP contribution in [0.2, 0.25) is 0 Å². The standard InChI is InChI=1S/C16H24N2OS/c1-10(2)14-16(19)18(9-12-5-4-6-12)15(17-14)13-8-7-11(3)20-13/h7-8,10,12,14-15,17H,4-6,9H2,1-3H3. The maximum atomic E-state index is 12.7. The molecular weight excluding hydrogens is 268 g/mol. The first-order valence-corrected chi connectivity index (χ1v) is 8.51. The average Bonchev–Trinajstić information content (AvgIpc) is 2.88. The van der Waals surface area contributed by atoms with Gasteiger partial charge in [0.2, 0.25) is 5.91 Å². The lowest BCUT2D eigenvalue weighted by molar-refractivity contribution is -0.131. The van der Waals surface area contributed by atoms with Crippen molar-refractivity contribution in [3.8, 4) is 0 Å². The molecule has 1 aliphatic carbocycles. The van der Waals surface area contributed by atoms with Gasteiger partial charge >= 0.3 is 0 Å². The highest BCUT2D eigenvalue weighted by Gasteiger charge is 2.42. The molecule has 20 heavy (non-hydrogen) atoms. The fourth-order valence-electron chi connectivity index (χ4n) is 3.10. The topological polar surface area (TPSA) is 32.3 Å². The van der Waals surface area contributed by atoms with Gasteiger partial charge in [0.1, 0.15) is 6.17 Å². The molecule has 1 aromatic rings. The maximum Gasteiger partial charge on any atom is 0.241 e. The van der Waals surface area contributed by atoms with Gasteiger partial charge in [-0.1, -0.05) is 20.3 Å². The lowest BCUT2D eigenvalue weighted by Gasteiger charge is -2.32. The summed E-state index contributed by atoms with van der Waals surface area (Å²) < 4.78 is 0. The number of carbonyl (C=O) groups excluding carboxylic acids is 1. The van der Waals surface area contributed by atoms with Crippen LogP contribution in [0.3, 0.4) is 0 Å². The summed E-state index contributed by atoms with van der Waals surface area (Å²) >= 11 is 1.80. The summed E-state index contributed by atoms with van der Waals surface area (Å²) in [5.74, 6) is 1.36. The molecule has 0 aromatic carbocycles. The Morgan fingerprint density at radius 2 is 2.15 bits per heavy atom. The molecule has 1 aliphatic heterocycles. The third kappa shape index (κ3) is 2.51. The molecular formula is C16H24N2OS. The third-order valence-corrected chi connectivity index (χ3v) is 5.63. The summed E-state index contributed by atoms with van der Waals surface area (Å²) in [7, 11) is 0. The van der Waals surface area contributed by atoms with Crippen LogP contribution in [-0.2, 0) is 4.79 Å². The molecule has 2 aliphatic rings. The highest BCUT2D eigenvalue weighted by molar-refractivity contribution is 7.12. The molecule has 1 N–H and O–H groups in total. The Hall–Kier alpha value is -0.870. The van der Waals surface area contributed by atoms with E-state index >= 15 is 0 Å². The number of hydrogen-bond donors (Lipinski definition) is 1. The normalized spacial score (nSPS) is 27.4. The molecule has 3 nitrogen and oxygen atoms in total. The number of hydrogen-bond acceptors (Lipinski definition) is 3. The van der Waals surface area contributed by atoms with Crippen molar-refractivity contribution in [2.75, 3.05) is 6.54 Å². The molecule has 2 heterocycles. The van der Waals surface area contributed by atoms with Crippen molar-refractivity contribution >= 4 is 17.2 Å². The Morgan fingerprint density at radius 3 is 2.65 bits per heavy atom. The van der Waals surface area contributed by atoms with Crippen molar-refractivity contribution in [1.82, 2.24) is 10.2 Å². The molecule has 1 aromatic heterocycles. The number of thiophene rings is 1. The van der Waals surface area contributed by atoms with Crippen molar-refractivity contribution in [2.45, 2.75) is 52.2 Å². The number of aryl methyl sites for hydroxylation is 1. The largest absolute Gasteiger partial charge is 0.320 e. The molecule has 1 saturated carbocycles. The molecule has 0 radical (unpaired) electrons. The van der Waals surface area contributed by atoms with Crippen molar-refractivity contribution in [1.29, 1.82) is 0 Å². The Labute approximate surface area is 125 Å². The van der Waals surface area contributed by atoms with Gasteiger partial charge in [-0.05, 0) is 43.7 Å². The third-order valence-electron chi connectivity index (χ3n) is 4.58. The first-order chi connectivity index (χ1) is 9.56. The molecule has 4 heteroatoms. The van der Waals surface area contributed by atoms with Crippen LogP contribution in [0.4, 0.5) is 0 Å². The summed E-state index contributed by atoms with van der Waals surface area (Å²) in [4.78, 5) is 17.4. The van der Waals surface area contributed by atoms with E-state index in [9.17, 15) is 4.79 Å². The Kier molecular flexibility index (Phi) is 3.87. The minimum atomic E-state index is -0.0255. The molecule has 2 fully saturated rings. The quantitative estimate of drug-likeness (QED) is 0.923. The maximum absolute atomic E-state index is 12.7. The molecule has 0 bridgehead atoms. The van der Waals surface area contributed by atoms with Gasteiger partial charge in [0, 0.05) is 16.3 Å². The number of nitrogens with one attached hydrogen (secondary N) is 1. The lowest BCUT2D eigenvalue weighted by Crippen LogP contribution is -2.38. The van der Waals surface area contributed by atoms with Gasteiger partial charge in [-0.15, -0.1) is 11.3 Å². The first kappa shape index (κ1) is 14.1. The summed E-state index contributed by atoms with van der Waals surface area (Å²) in [6.07, 6.45) is 3.99. The van der Waals surface area contributed by atoms with Crippen LogP contribution < -0.4 is 5.32 Å². The van der Waals surface area contributed by atoms with Crippen LogP contribution >= 0.6 is 11.3 Å². The second-order valence-electron chi connectivity index (χ2n) is 6.53. The predicted octanol–water partition coefficient (Wildman–Crippen LogP) is 3.31. The van der Waals surface area contributed by atoms with Crippen LogP contribution in [0.5, 0.6) is 0 Å². The van der Waals surface area contributed by atoms with E-state index in [0.29, 0.717) is 11.8 Å². The number of nitrogens with zero attached hydrogens (tertiary/aromatic N) is 1. The van der Waals surface area contributed by atoms with Crippen LogP contribution in [-0.4, -0.2) is 23.4 Å². The highest BCUT2D eigenvalue weighted by Crippen LogP contribution is 2.36. The van der Waals surface area contributed by atoms with E-state index in [1.54, 1.807) is 11.3 Å². The van der Waals surface area contributed by atoms with Crippen molar-refractivity contribution in [3.63, 3.8) is 0 Å². The van der Waals surface area contributed by atoms with Crippen molar-refractivity contribution in [2.24, 2.45) is 11.8 Å². The van der Waals surface area contributed by atoms with Gasteiger partial charge < -0.3 is 4.90 Å². The van der Waals surface area contributed by atoms with Gasteiger partial charge in [-0.3, -0.25) is 10.1 Å². The van der Waals surface area contributed by atoms with Gasteiger partial charge in [-0.25, -0.2) is 0 Å². The first-order valence-electron chi connectivity index (χ1n) is 7.69. The fourth-order valence-corrected chi connectivity index (χ4v) is 4.05. The smallest absolute Gasteiger partial charge is 0.241 e. The van der Waals surface area contributed by atoms with Crippen molar-refractivity contribution in [3.05, 3.63) is 21.9 Å². The minimum Gasteiger partial charge on any atom is -0.320 e. The van der Waals surface area contributed by atoms with E-state index in [4.69, 9.17) is 0 Å². The summed E-state index contributed by atoms with van der Waals surface area (Å²) in [6.45, 7) is 7.30. The molecule has 1 saturated heterocycles. The van der Waals surface area contributed by atoms with E-state index in [0.717, 1.165) is 12.5 Å². The van der Waals surface area contributed by atoms with E-state index in [2.05, 4.69) is 43.1 Å². The number of carbonyl (C=O) groups is 1. The summed E-state index contributed by atoms with van der Waals surface area (Å²) in [5, 5.41) is 3.56. The van der Waals surface area contributed by atoms with Gasteiger partial charge in [0.05, 0.1) is 6.04 Å². The van der Waals surface area contributed by atoms with Crippen LogP contribution in [0, 0.1) is 18.8 Å². The molecule has 0 spiro atoms. The SMILES string of the molecule is Cc1ccc(C2NC(C(C)C)C(=O)N2CC2CCC2)s1. The Bertz CT molecular complexity index is 492. The number of rotatable bonds is 4. The predicted molar refractivity (Wildman–Crippen MR) is 82.6 cm³/mol. The van der Waals surface area contributed by atoms with Gasteiger partial charge in [0.25, 0.3) is 0 Å². The molecule has 3 rings (SSSR count). The van der Waals surface area contributed by atoms with Gasteiger partial charge in [-0.2, -0.15) is 0 Å². The second kappa shape index (κ2) is 5.49. The lowest BCUT2D eigenvalue weighted by atomic mass is 9.85. The van der Waals surface area contributed by atoms with Crippen molar-refractivity contribution < 1.29 is 4.79 Å². The van der Waals surface area contributed by atoms with E-state index in [1.807, 2.05) is 0 Å². The highest BCUT2D eigenvalue weighted by atomic mass is 32.1. The van der Waals surface area contributed by atoms with Crippen LogP contribution in [0.1, 0.15) is 49.0 Å². The fraction of sp³-hybridized carbons (Fsp3) is 0.688. The monoisotopic (exact) mass is 292 g/mol. The average molecular weight is 292 g/mol. The zero-order valence-corrected chi connectivity index (χ0v) is 13.4. The molecule has 2 unspecified atom stereocenters. The van der Waals surface area contributed by atoms with Crippen LogP contribution in [0.25, 0.3) is 0 Å². The summed E-state index contributed by atoms with van der Waals surface area (Å²) in [5.41, 5.74) is 0. The van der Waals surface area contributed by atoms with E-state index < -0.39 is 0 Å². The summed E-state index contributed by atoms with van der Waals surface area (Å²) in [6, 6.07) is 4.29. The molecule has 110 valence electrons. The molecule has 1 amide bonds. The van der Waals surface area contributed by atoms with Gasteiger partial charge in [0.15, 0.2) is 0 Å². The number of amides is 1. The second-order valence-corrected chi connectivity index (χ2v) is 7.85.